The Morgan fingerprint density at radius 3 is 2.20 bits per heavy atom. The van der Waals surface area contributed by atoms with Crippen LogP contribution in [0.5, 0.6) is 5.75 Å². The molecule has 2 atom stereocenters. The lowest BCUT2D eigenvalue weighted by molar-refractivity contribution is 0.180. The Bertz CT molecular complexity index is 582. The number of rotatable bonds is 4. The van der Waals surface area contributed by atoms with Crippen LogP contribution in [0.2, 0.25) is 10.0 Å². The summed E-state index contributed by atoms with van der Waals surface area (Å²) < 4.78 is 5.97. The summed E-state index contributed by atoms with van der Waals surface area (Å²) in [6.07, 6.45) is -0.229. The molecule has 0 aliphatic heterocycles. The maximum Gasteiger partial charge on any atom is 0.138 e. The third kappa shape index (κ3) is 3.66. The van der Waals surface area contributed by atoms with Gasteiger partial charge in [0.25, 0.3) is 0 Å². The summed E-state index contributed by atoms with van der Waals surface area (Å²) in [5.41, 5.74) is 8.28. The molecule has 20 heavy (non-hydrogen) atoms. The zero-order valence-corrected chi connectivity index (χ0v) is 12.9. The van der Waals surface area contributed by atoms with Crippen molar-refractivity contribution < 1.29 is 4.74 Å². The van der Waals surface area contributed by atoms with Crippen molar-refractivity contribution in [2.45, 2.75) is 26.0 Å². The highest BCUT2D eigenvalue weighted by Gasteiger charge is 2.18. The van der Waals surface area contributed by atoms with Gasteiger partial charge in [-0.3, -0.25) is 0 Å². The van der Waals surface area contributed by atoms with Crippen LogP contribution in [0.4, 0.5) is 0 Å². The first kappa shape index (κ1) is 15.2. The molecule has 0 heterocycles. The predicted octanol–water partition coefficient (Wildman–Crippen LogP) is 4.77. The average Bonchev–Trinajstić information content (AvgIpc) is 2.41. The third-order valence-corrected chi connectivity index (χ3v) is 3.78. The molecule has 0 amide bonds. The molecule has 4 heteroatoms. The monoisotopic (exact) mass is 309 g/mol. The van der Waals surface area contributed by atoms with E-state index in [9.17, 15) is 0 Å². The first-order valence-corrected chi connectivity index (χ1v) is 7.17. The fourth-order valence-corrected chi connectivity index (χ4v) is 2.22. The average molecular weight is 310 g/mol. The fraction of sp³-hybridized carbons (Fsp3) is 0.250. The van der Waals surface area contributed by atoms with Crippen LogP contribution in [0.15, 0.2) is 42.5 Å². The minimum Gasteiger partial charge on any atom is -0.484 e. The minimum atomic E-state index is -0.229. The molecule has 0 fully saturated rings. The van der Waals surface area contributed by atoms with E-state index in [2.05, 4.69) is 0 Å². The minimum absolute atomic E-state index is 0.146. The smallest absolute Gasteiger partial charge is 0.138 e. The van der Waals surface area contributed by atoms with Gasteiger partial charge in [-0.15, -0.1) is 0 Å². The molecule has 0 aliphatic carbocycles. The van der Waals surface area contributed by atoms with Gasteiger partial charge in [0, 0.05) is 12.1 Å². The second kappa shape index (κ2) is 6.49. The Labute approximate surface area is 129 Å². The van der Waals surface area contributed by atoms with Crippen LogP contribution in [0.1, 0.15) is 24.2 Å². The molecule has 2 nitrogen and oxygen atoms in total. The second-order valence-electron chi connectivity index (χ2n) is 4.88. The van der Waals surface area contributed by atoms with E-state index in [-0.39, 0.29) is 12.1 Å². The topological polar surface area (TPSA) is 35.2 Å². The molecule has 2 aromatic carbocycles. The molecule has 0 radical (unpaired) electrons. The third-order valence-electron chi connectivity index (χ3n) is 3.04. The molecule has 0 bridgehead atoms. The Balaban J connectivity index is 2.25. The Hall–Kier alpha value is -1.22. The van der Waals surface area contributed by atoms with Gasteiger partial charge in [-0.1, -0.05) is 53.0 Å². The fourth-order valence-electron chi connectivity index (χ4n) is 1.93. The van der Waals surface area contributed by atoms with Gasteiger partial charge in [0.1, 0.15) is 11.9 Å². The van der Waals surface area contributed by atoms with Crippen LogP contribution in [0.3, 0.4) is 0 Å². The van der Waals surface area contributed by atoms with Crippen molar-refractivity contribution in [3.63, 3.8) is 0 Å². The quantitative estimate of drug-likeness (QED) is 0.883. The Morgan fingerprint density at radius 2 is 1.65 bits per heavy atom. The zero-order valence-electron chi connectivity index (χ0n) is 11.4. The van der Waals surface area contributed by atoms with Crippen LogP contribution < -0.4 is 10.5 Å². The maximum absolute atomic E-state index is 6.04. The highest BCUT2D eigenvalue weighted by Crippen LogP contribution is 2.30. The number of halogens is 2. The summed E-state index contributed by atoms with van der Waals surface area (Å²) in [5.74, 6) is 0.655. The second-order valence-corrected chi connectivity index (χ2v) is 5.70. The number of nitrogens with two attached hydrogens (primary N) is 1. The number of aryl methyl sites for hydroxylation is 1. The SMILES string of the molecule is Cc1ccc(C(Oc2ccc(Cl)c(Cl)c2)C(C)N)cc1. The molecule has 2 aromatic rings. The van der Waals surface area contributed by atoms with Gasteiger partial charge >= 0.3 is 0 Å². The van der Waals surface area contributed by atoms with Crippen LogP contribution in [-0.2, 0) is 0 Å². The van der Waals surface area contributed by atoms with Crippen molar-refractivity contribution in [1.82, 2.24) is 0 Å². The summed E-state index contributed by atoms with van der Waals surface area (Å²) >= 11 is 11.9. The highest BCUT2D eigenvalue weighted by atomic mass is 35.5. The van der Waals surface area contributed by atoms with Crippen LogP contribution in [0.25, 0.3) is 0 Å². The lowest BCUT2D eigenvalue weighted by Gasteiger charge is -2.23. The number of hydrogen-bond acceptors (Lipinski definition) is 2. The van der Waals surface area contributed by atoms with Gasteiger partial charge in [0.15, 0.2) is 0 Å². The first-order valence-electron chi connectivity index (χ1n) is 6.41. The molecule has 106 valence electrons. The molecule has 0 saturated carbocycles. The number of benzene rings is 2. The Morgan fingerprint density at radius 1 is 1.00 bits per heavy atom. The lowest BCUT2D eigenvalue weighted by atomic mass is 10.0. The molecule has 0 aromatic heterocycles. The van der Waals surface area contributed by atoms with Gasteiger partial charge in [-0.25, -0.2) is 0 Å². The molecule has 0 spiro atoms. The van der Waals surface area contributed by atoms with Gasteiger partial charge in [-0.2, -0.15) is 0 Å². The largest absolute Gasteiger partial charge is 0.484 e. The molecule has 2 unspecified atom stereocenters. The summed E-state index contributed by atoms with van der Waals surface area (Å²) in [4.78, 5) is 0. The number of hydrogen-bond donors (Lipinski definition) is 1. The molecular weight excluding hydrogens is 293 g/mol. The summed E-state index contributed by atoms with van der Waals surface area (Å²) in [7, 11) is 0. The Kier molecular flexibility index (Phi) is 4.92. The molecule has 0 aliphatic rings. The highest BCUT2D eigenvalue weighted by molar-refractivity contribution is 6.42. The summed E-state index contributed by atoms with van der Waals surface area (Å²) in [6, 6.07) is 13.2. The first-order chi connectivity index (χ1) is 9.47. The van der Waals surface area contributed by atoms with Crippen LogP contribution in [-0.4, -0.2) is 6.04 Å². The zero-order chi connectivity index (χ0) is 14.7. The van der Waals surface area contributed by atoms with Crippen molar-refractivity contribution in [3.8, 4) is 5.75 Å². The molecule has 0 saturated heterocycles. The van der Waals surface area contributed by atoms with Crippen molar-refractivity contribution in [3.05, 3.63) is 63.6 Å². The van der Waals surface area contributed by atoms with Crippen LogP contribution >= 0.6 is 23.2 Å². The normalized spacial score (nSPS) is 13.8. The van der Waals surface area contributed by atoms with Gasteiger partial charge in [-0.05, 0) is 31.5 Å². The maximum atomic E-state index is 6.04. The van der Waals surface area contributed by atoms with Crippen molar-refractivity contribution >= 4 is 23.2 Å². The van der Waals surface area contributed by atoms with Crippen LogP contribution in [0, 0.1) is 6.92 Å². The molecule has 2 N–H and O–H groups in total. The summed E-state index contributed by atoms with van der Waals surface area (Å²) in [6.45, 7) is 3.96. The predicted molar refractivity (Wildman–Crippen MR) is 84.7 cm³/mol. The summed E-state index contributed by atoms with van der Waals surface area (Å²) in [5, 5.41) is 0.975. The lowest BCUT2D eigenvalue weighted by Crippen LogP contribution is -2.29. The van der Waals surface area contributed by atoms with E-state index in [1.54, 1.807) is 18.2 Å². The molecular formula is C16H17Cl2NO. The molecule has 2 rings (SSSR count). The van der Waals surface area contributed by atoms with Gasteiger partial charge in [0.05, 0.1) is 10.0 Å². The van der Waals surface area contributed by atoms with E-state index in [1.807, 2.05) is 38.1 Å². The van der Waals surface area contributed by atoms with Gasteiger partial charge < -0.3 is 10.5 Å². The van der Waals surface area contributed by atoms with Crippen molar-refractivity contribution in [2.75, 3.05) is 0 Å². The van der Waals surface area contributed by atoms with E-state index >= 15 is 0 Å². The van der Waals surface area contributed by atoms with E-state index in [1.165, 1.54) is 5.56 Å². The van der Waals surface area contributed by atoms with E-state index in [0.29, 0.717) is 15.8 Å². The van der Waals surface area contributed by atoms with E-state index in [4.69, 9.17) is 33.7 Å². The van der Waals surface area contributed by atoms with Crippen molar-refractivity contribution in [1.29, 1.82) is 0 Å². The van der Waals surface area contributed by atoms with E-state index < -0.39 is 0 Å². The number of ether oxygens (including phenoxy) is 1. The van der Waals surface area contributed by atoms with Gasteiger partial charge in [0.2, 0.25) is 0 Å². The standard InChI is InChI=1S/C16H17Cl2NO/c1-10-3-5-12(6-4-10)16(11(2)19)20-13-7-8-14(17)15(18)9-13/h3-9,11,16H,19H2,1-2H3. The van der Waals surface area contributed by atoms with Crippen molar-refractivity contribution in [2.24, 2.45) is 5.73 Å². The van der Waals surface area contributed by atoms with E-state index in [0.717, 1.165) is 5.56 Å².